The van der Waals surface area contributed by atoms with Gasteiger partial charge in [-0.1, -0.05) is 23.9 Å². The summed E-state index contributed by atoms with van der Waals surface area (Å²) in [5.74, 6) is 0.758. The molecular weight excluding hydrogens is 364 g/mol. The van der Waals surface area contributed by atoms with E-state index in [1.807, 2.05) is 42.9 Å². The molecule has 0 amide bonds. The molecule has 0 saturated heterocycles. The van der Waals surface area contributed by atoms with Crippen molar-refractivity contribution in [2.45, 2.75) is 24.8 Å². The monoisotopic (exact) mass is 382 g/mol. The highest BCUT2D eigenvalue weighted by atomic mass is 32.2. The first-order chi connectivity index (χ1) is 12.5. The molecule has 0 atom stereocenters. The fraction of sp³-hybridized carbons (Fsp3) is 0.211. The van der Waals surface area contributed by atoms with Crippen molar-refractivity contribution in [3.8, 4) is 5.69 Å². The Balaban J connectivity index is 1.58. The summed E-state index contributed by atoms with van der Waals surface area (Å²) in [5.41, 5.74) is 3.29. The second kappa shape index (κ2) is 6.74. The van der Waals surface area contributed by atoms with Crippen LogP contribution in [-0.2, 0) is 12.8 Å². The number of thiophene rings is 1. The molecule has 0 spiro atoms. The zero-order valence-electron chi connectivity index (χ0n) is 14.8. The minimum absolute atomic E-state index is 0.0355. The van der Waals surface area contributed by atoms with Crippen LogP contribution in [0.15, 0.2) is 52.7 Å². The molecule has 5 nitrogen and oxygen atoms in total. The van der Waals surface area contributed by atoms with Gasteiger partial charge >= 0.3 is 0 Å². The third-order valence-electron chi connectivity index (χ3n) is 4.44. The van der Waals surface area contributed by atoms with Crippen LogP contribution in [0.1, 0.15) is 16.0 Å². The van der Waals surface area contributed by atoms with E-state index in [2.05, 4.69) is 17.2 Å². The Bertz CT molecular complexity index is 1130. The highest BCUT2D eigenvalue weighted by Gasteiger charge is 2.14. The molecule has 3 heterocycles. The first kappa shape index (κ1) is 17.1. The van der Waals surface area contributed by atoms with E-state index in [-0.39, 0.29) is 5.56 Å². The molecule has 0 saturated carbocycles. The van der Waals surface area contributed by atoms with E-state index < -0.39 is 0 Å². The molecule has 4 rings (SSSR count). The molecule has 132 valence electrons. The molecule has 0 radical (unpaired) electrons. The van der Waals surface area contributed by atoms with Gasteiger partial charge in [0.1, 0.15) is 4.83 Å². The van der Waals surface area contributed by atoms with E-state index >= 15 is 0 Å². The third-order valence-corrected chi connectivity index (χ3v) is 6.64. The first-order valence-corrected chi connectivity index (χ1v) is 10.0. The number of thioether (sulfide) groups is 1. The fourth-order valence-electron chi connectivity index (χ4n) is 2.80. The number of benzene rings is 1. The van der Waals surface area contributed by atoms with E-state index in [4.69, 9.17) is 4.98 Å². The molecule has 0 N–H and O–H groups in total. The summed E-state index contributed by atoms with van der Waals surface area (Å²) >= 11 is 3.17. The van der Waals surface area contributed by atoms with Crippen LogP contribution in [0, 0.1) is 13.8 Å². The van der Waals surface area contributed by atoms with Crippen LogP contribution in [0.25, 0.3) is 15.9 Å². The number of nitrogens with zero attached hydrogens (tertiary/aromatic N) is 4. The average molecular weight is 383 g/mol. The number of rotatable bonds is 4. The number of hydrogen-bond acceptors (Lipinski definition) is 5. The van der Waals surface area contributed by atoms with Gasteiger partial charge in [-0.25, -0.2) is 9.67 Å². The maximum Gasteiger partial charge on any atom is 0.262 e. The van der Waals surface area contributed by atoms with Gasteiger partial charge in [-0.2, -0.15) is 5.10 Å². The van der Waals surface area contributed by atoms with Gasteiger partial charge in [0.05, 0.1) is 11.1 Å². The lowest BCUT2D eigenvalue weighted by atomic mass is 10.2. The Kier molecular flexibility index (Phi) is 4.42. The highest BCUT2D eigenvalue weighted by Crippen LogP contribution is 2.29. The van der Waals surface area contributed by atoms with E-state index in [0.29, 0.717) is 0 Å². The normalized spacial score (nSPS) is 11.3. The Morgan fingerprint density at radius 1 is 1.19 bits per heavy atom. The van der Waals surface area contributed by atoms with Crippen molar-refractivity contribution in [2.24, 2.45) is 7.05 Å². The van der Waals surface area contributed by atoms with Gasteiger partial charge in [-0.05, 0) is 43.2 Å². The van der Waals surface area contributed by atoms with Gasteiger partial charge in [-0.3, -0.25) is 9.36 Å². The molecule has 0 unspecified atom stereocenters. The van der Waals surface area contributed by atoms with Gasteiger partial charge in [0, 0.05) is 30.1 Å². The van der Waals surface area contributed by atoms with Gasteiger partial charge < -0.3 is 0 Å². The smallest absolute Gasteiger partial charge is 0.262 e. The third kappa shape index (κ3) is 2.97. The zero-order valence-corrected chi connectivity index (χ0v) is 16.4. The molecule has 7 heteroatoms. The summed E-state index contributed by atoms with van der Waals surface area (Å²) in [6, 6.07) is 10.2. The summed E-state index contributed by atoms with van der Waals surface area (Å²) in [6.07, 6.45) is 3.68. The minimum Gasteiger partial charge on any atom is -0.290 e. The van der Waals surface area contributed by atoms with Crippen molar-refractivity contribution in [1.29, 1.82) is 0 Å². The SMILES string of the molecule is Cc1sc2nc(SCc3ccc(-n4cccn4)cc3)n(C)c(=O)c2c1C. The van der Waals surface area contributed by atoms with Crippen LogP contribution in [0.4, 0.5) is 0 Å². The summed E-state index contributed by atoms with van der Waals surface area (Å²) in [6.45, 7) is 4.03. The van der Waals surface area contributed by atoms with Gasteiger partial charge in [0.2, 0.25) is 0 Å². The number of aromatic nitrogens is 4. The van der Waals surface area contributed by atoms with Crippen LogP contribution < -0.4 is 5.56 Å². The Labute approximate surface area is 159 Å². The van der Waals surface area contributed by atoms with Gasteiger partial charge in [0.15, 0.2) is 5.16 Å². The lowest BCUT2D eigenvalue weighted by molar-refractivity contribution is 0.727. The van der Waals surface area contributed by atoms with Crippen LogP contribution >= 0.6 is 23.1 Å². The molecular formula is C19H18N4OS2. The van der Waals surface area contributed by atoms with Crippen molar-refractivity contribution in [2.75, 3.05) is 0 Å². The Hall–Kier alpha value is -2.38. The van der Waals surface area contributed by atoms with Gasteiger partial charge in [-0.15, -0.1) is 11.3 Å². The van der Waals surface area contributed by atoms with E-state index in [1.54, 1.807) is 40.9 Å². The summed E-state index contributed by atoms with van der Waals surface area (Å²) in [5, 5.41) is 5.74. The zero-order chi connectivity index (χ0) is 18.3. The van der Waals surface area contributed by atoms with Crippen LogP contribution in [-0.4, -0.2) is 19.3 Å². The maximum atomic E-state index is 12.7. The number of aryl methyl sites for hydroxylation is 2. The van der Waals surface area contributed by atoms with Crippen molar-refractivity contribution in [3.63, 3.8) is 0 Å². The van der Waals surface area contributed by atoms with Crippen molar-refractivity contribution in [1.82, 2.24) is 19.3 Å². The second-order valence-corrected chi connectivity index (χ2v) is 8.27. The Morgan fingerprint density at radius 2 is 1.96 bits per heavy atom. The largest absolute Gasteiger partial charge is 0.290 e. The molecule has 0 aliphatic heterocycles. The molecule has 0 aliphatic rings. The summed E-state index contributed by atoms with van der Waals surface area (Å²) in [7, 11) is 1.80. The lowest BCUT2D eigenvalue weighted by Gasteiger charge is -2.08. The molecule has 4 aromatic rings. The lowest BCUT2D eigenvalue weighted by Crippen LogP contribution is -2.19. The summed E-state index contributed by atoms with van der Waals surface area (Å²) in [4.78, 5) is 19.4. The summed E-state index contributed by atoms with van der Waals surface area (Å²) < 4.78 is 3.49. The predicted octanol–water partition coefficient (Wildman–Crippen LogP) is 4.09. The van der Waals surface area contributed by atoms with Crippen LogP contribution in [0.2, 0.25) is 0 Å². The molecule has 0 aliphatic carbocycles. The molecule has 26 heavy (non-hydrogen) atoms. The molecule has 1 aromatic carbocycles. The molecule has 0 fully saturated rings. The van der Waals surface area contributed by atoms with Crippen molar-refractivity contribution >= 4 is 33.3 Å². The van der Waals surface area contributed by atoms with E-state index in [1.165, 1.54) is 5.56 Å². The van der Waals surface area contributed by atoms with Crippen LogP contribution in [0.3, 0.4) is 0 Å². The molecule has 0 bridgehead atoms. The van der Waals surface area contributed by atoms with E-state index in [9.17, 15) is 4.79 Å². The fourth-order valence-corrected chi connectivity index (χ4v) is 4.80. The maximum absolute atomic E-state index is 12.7. The number of fused-ring (bicyclic) bond motifs is 1. The highest BCUT2D eigenvalue weighted by molar-refractivity contribution is 7.98. The van der Waals surface area contributed by atoms with Crippen LogP contribution in [0.5, 0.6) is 0 Å². The molecule has 3 aromatic heterocycles. The van der Waals surface area contributed by atoms with Crippen molar-refractivity contribution in [3.05, 3.63) is 69.1 Å². The van der Waals surface area contributed by atoms with Gasteiger partial charge in [0.25, 0.3) is 5.56 Å². The predicted molar refractivity (Wildman–Crippen MR) is 107 cm³/mol. The first-order valence-electron chi connectivity index (χ1n) is 8.23. The topological polar surface area (TPSA) is 52.7 Å². The average Bonchev–Trinajstić information content (AvgIpc) is 3.27. The Morgan fingerprint density at radius 3 is 2.65 bits per heavy atom. The number of hydrogen-bond donors (Lipinski definition) is 0. The van der Waals surface area contributed by atoms with E-state index in [0.717, 1.165) is 37.3 Å². The quantitative estimate of drug-likeness (QED) is 0.394. The second-order valence-electron chi connectivity index (χ2n) is 6.13. The minimum atomic E-state index is 0.0355. The van der Waals surface area contributed by atoms with Crippen molar-refractivity contribution < 1.29 is 0 Å². The standard InChI is InChI=1S/C19H18N4OS2/c1-12-13(2)26-17-16(12)18(24)22(3)19(21-17)25-11-14-5-7-15(8-6-14)23-10-4-9-20-23/h4-10H,11H2,1-3H3.